The van der Waals surface area contributed by atoms with Crippen LogP contribution in [0.5, 0.6) is 0 Å². The van der Waals surface area contributed by atoms with Gasteiger partial charge >= 0.3 is 0 Å². The van der Waals surface area contributed by atoms with Crippen LogP contribution in [0.25, 0.3) is 0 Å². The fraction of sp³-hybridized carbons (Fsp3) is 0.375. The molecule has 0 saturated carbocycles. The summed E-state index contributed by atoms with van der Waals surface area (Å²) in [6, 6.07) is 20.6. The van der Waals surface area contributed by atoms with Gasteiger partial charge in [0.15, 0.2) is 4.95 Å². The minimum Gasteiger partial charge on any atom is -0.369 e. The van der Waals surface area contributed by atoms with Gasteiger partial charge < -0.3 is 9.80 Å². The van der Waals surface area contributed by atoms with Crippen molar-refractivity contribution >= 4 is 15.9 Å². The van der Waals surface area contributed by atoms with Gasteiger partial charge in [-0.1, -0.05) is 88.0 Å². The molecule has 0 aliphatic carbocycles. The number of rotatable bonds is 10. The van der Waals surface area contributed by atoms with Gasteiger partial charge in [0.25, 0.3) is 0 Å². The lowest BCUT2D eigenvalue weighted by Crippen LogP contribution is -3.11. The molecule has 0 bridgehead atoms. The molecular weight excluding hydrogens is 492 g/mol. The first kappa shape index (κ1) is 27.2. The summed E-state index contributed by atoms with van der Waals surface area (Å²) in [5, 5.41) is 0. The molecule has 1 N–H and O–H groups in total. The standard InChI is InChI=1S/C32H41BrN2/c1-23-12-24(2)16-29(15-23)8-10-34(7)32(33)9-11-35(21-30-17-25(3)13-26(4)18-30)22-31-19-27(5)14-28(6)20-31/h9,11-20,32H,8,10,21-22H2,1-7H3/p+1/b11-9+. The molecule has 3 aromatic carbocycles. The molecular formula is C32H42BrN2+. The highest BCUT2D eigenvalue weighted by molar-refractivity contribution is 9.09. The zero-order chi connectivity index (χ0) is 25.5. The van der Waals surface area contributed by atoms with E-state index in [4.69, 9.17) is 0 Å². The largest absolute Gasteiger partial charge is 0.369 e. The predicted octanol–water partition coefficient (Wildman–Crippen LogP) is 6.53. The first-order valence-corrected chi connectivity index (χ1v) is 13.6. The molecule has 3 aromatic rings. The highest BCUT2D eigenvalue weighted by Gasteiger charge is 2.13. The van der Waals surface area contributed by atoms with E-state index in [2.05, 4.69) is 136 Å². The summed E-state index contributed by atoms with van der Waals surface area (Å²) in [6.45, 7) is 16.0. The number of halogens is 1. The molecule has 0 aliphatic rings. The number of hydrogen-bond donors (Lipinski definition) is 1. The smallest absolute Gasteiger partial charge is 0.163 e. The quantitative estimate of drug-likeness (QED) is 0.230. The SMILES string of the molecule is Cc1cc(C)cc(CC[NH+](C)C(Br)/C=C/N(Cc2cc(C)cc(C)c2)Cc2cc(C)cc(C)c2)c1. The number of quaternary nitrogens is 1. The third kappa shape index (κ3) is 8.98. The number of alkyl halides is 1. The number of likely N-dealkylation sites (N-methyl/N-ethyl adjacent to an activating group) is 1. The van der Waals surface area contributed by atoms with Crippen molar-refractivity contribution in [3.8, 4) is 0 Å². The van der Waals surface area contributed by atoms with E-state index in [1.54, 1.807) is 0 Å². The van der Waals surface area contributed by atoms with Gasteiger partial charge in [0.2, 0.25) is 0 Å². The first-order valence-electron chi connectivity index (χ1n) is 12.7. The molecule has 35 heavy (non-hydrogen) atoms. The molecule has 0 aromatic heterocycles. The first-order chi connectivity index (χ1) is 16.6. The number of aryl methyl sites for hydroxylation is 6. The monoisotopic (exact) mass is 533 g/mol. The van der Waals surface area contributed by atoms with Crippen LogP contribution in [0.4, 0.5) is 0 Å². The van der Waals surface area contributed by atoms with E-state index in [9.17, 15) is 0 Å². The van der Waals surface area contributed by atoms with Gasteiger partial charge in [-0.25, -0.2) is 0 Å². The topological polar surface area (TPSA) is 7.68 Å². The van der Waals surface area contributed by atoms with Gasteiger partial charge in [-0.3, -0.25) is 0 Å². The van der Waals surface area contributed by atoms with Crippen LogP contribution >= 0.6 is 15.9 Å². The van der Waals surface area contributed by atoms with Crippen LogP contribution in [0.15, 0.2) is 66.9 Å². The average Bonchev–Trinajstić information content (AvgIpc) is 2.73. The Morgan fingerprint density at radius 1 is 0.657 bits per heavy atom. The zero-order valence-corrected chi connectivity index (χ0v) is 24.2. The minimum atomic E-state index is 0.259. The molecule has 0 radical (unpaired) electrons. The van der Waals surface area contributed by atoms with Crippen LogP contribution < -0.4 is 4.90 Å². The molecule has 0 fully saturated rings. The van der Waals surface area contributed by atoms with E-state index in [1.165, 1.54) is 55.0 Å². The van der Waals surface area contributed by atoms with Crippen LogP contribution in [-0.4, -0.2) is 23.4 Å². The Morgan fingerprint density at radius 2 is 1.03 bits per heavy atom. The van der Waals surface area contributed by atoms with Crippen LogP contribution in [0.2, 0.25) is 0 Å². The lowest BCUT2D eigenvalue weighted by atomic mass is 10.0. The predicted molar refractivity (Wildman–Crippen MR) is 154 cm³/mol. The number of nitrogens with zero attached hydrogens (tertiary/aromatic N) is 1. The van der Waals surface area contributed by atoms with E-state index in [1.807, 2.05) is 0 Å². The lowest BCUT2D eigenvalue weighted by molar-refractivity contribution is -0.881. The van der Waals surface area contributed by atoms with Crippen molar-refractivity contribution in [2.75, 3.05) is 13.6 Å². The summed E-state index contributed by atoms with van der Waals surface area (Å²) >= 11 is 3.94. The van der Waals surface area contributed by atoms with E-state index in [0.717, 1.165) is 26.1 Å². The second-order valence-electron chi connectivity index (χ2n) is 10.5. The van der Waals surface area contributed by atoms with Gasteiger partial charge in [0.05, 0.1) is 13.6 Å². The normalized spacial score (nSPS) is 13.3. The van der Waals surface area contributed by atoms with Gasteiger partial charge in [0, 0.05) is 25.7 Å². The Hall–Kier alpha value is -2.36. The molecule has 2 atom stereocenters. The lowest BCUT2D eigenvalue weighted by Gasteiger charge is -2.23. The molecule has 2 nitrogen and oxygen atoms in total. The van der Waals surface area contributed by atoms with Crippen LogP contribution in [0.1, 0.15) is 50.1 Å². The maximum Gasteiger partial charge on any atom is 0.163 e. The molecule has 0 aliphatic heterocycles. The highest BCUT2D eigenvalue weighted by atomic mass is 79.9. The molecule has 0 amide bonds. The molecule has 0 heterocycles. The number of hydrogen-bond acceptors (Lipinski definition) is 1. The van der Waals surface area contributed by atoms with Crippen molar-refractivity contribution in [1.29, 1.82) is 0 Å². The second kappa shape index (κ2) is 12.6. The number of nitrogens with one attached hydrogen (secondary N) is 1. The summed E-state index contributed by atoms with van der Waals surface area (Å²) in [6.07, 6.45) is 5.68. The molecule has 3 rings (SSSR count). The van der Waals surface area contributed by atoms with Crippen molar-refractivity contribution < 1.29 is 4.90 Å². The molecule has 186 valence electrons. The Morgan fingerprint density at radius 3 is 1.43 bits per heavy atom. The van der Waals surface area contributed by atoms with Gasteiger partial charge in [-0.15, -0.1) is 0 Å². The molecule has 3 heteroatoms. The number of benzene rings is 3. The van der Waals surface area contributed by atoms with Gasteiger partial charge in [-0.2, -0.15) is 0 Å². The van der Waals surface area contributed by atoms with E-state index >= 15 is 0 Å². The van der Waals surface area contributed by atoms with Crippen molar-refractivity contribution in [2.45, 2.75) is 66.0 Å². The van der Waals surface area contributed by atoms with E-state index in [0.29, 0.717) is 0 Å². The molecule has 0 saturated heterocycles. The van der Waals surface area contributed by atoms with Crippen LogP contribution in [0, 0.1) is 41.5 Å². The minimum absolute atomic E-state index is 0.259. The Kier molecular flexibility index (Phi) is 9.77. The van der Waals surface area contributed by atoms with Crippen molar-refractivity contribution in [3.63, 3.8) is 0 Å². The van der Waals surface area contributed by atoms with Crippen molar-refractivity contribution in [3.05, 3.63) is 117 Å². The van der Waals surface area contributed by atoms with Crippen LogP contribution in [-0.2, 0) is 19.5 Å². The summed E-state index contributed by atoms with van der Waals surface area (Å²) in [5.74, 6) is 0. The highest BCUT2D eigenvalue weighted by Crippen LogP contribution is 2.17. The maximum atomic E-state index is 3.94. The van der Waals surface area contributed by atoms with Crippen LogP contribution in [0.3, 0.4) is 0 Å². The van der Waals surface area contributed by atoms with Gasteiger partial charge in [-0.05, 0) is 80.2 Å². The second-order valence-corrected chi connectivity index (χ2v) is 11.5. The summed E-state index contributed by atoms with van der Waals surface area (Å²) in [7, 11) is 2.27. The van der Waals surface area contributed by atoms with E-state index in [-0.39, 0.29) is 4.95 Å². The third-order valence-corrected chi connectivity index (χ3v) is 7.45. The van der Waals surface area contributed by atoms with E-state index < -0.39 is 0 Å². The molecule has 0 spiro atoms. The summed E-state index contributed by atoms with van der Waals surface area (Å²) in [5.41, 5.74) is 12.1. The fourth-order valence-electron chi connectivity index (χ4n) is 5.01. The Bertz CT molecular complexity index is 1050. The summed E-state index contributed by atoms with van der Waals surface area (Å²) < 4.78 is 0. The maximum absolute atomic E-state index is 3.94. The summed E-state index contributed by atoms with van der Waals surface area (Å²) in [4.78, 5) is 4.15. The fourth-order valence-corrected chi connectivity index (χ4v) is 5.37. The third-order valence-electron chi connectivity index (χ3n) is 6.36. The molecule has 2 unspecified atom stereocenters. The van der Waals surface area contributed by atoms with Gasteiger partial charge in [0.1, 0.15) is 0 Å². The average molecular weight is 535 g/mol. The van der Waals surface area contributed by atoms with Crippen molar-refractivity contribution in [1.82, 2.24) is 4.90 Å². The zero-order valence-electron chi connectivity index (χ0n) is 22.6. The Labute approximate surface area is 221 Å². The van der Waals surface area contributed by atoms with Crippen molar-refractivity contribution in [2.24, 2.45) is 0 Å². The Balaban J connectivity index is 1.72.